The second-order valence-electron chi connectivity index (χ2n) is 7.81. The molecule has 1 aromatic carbocycles. The predicted octanol–water partition coefficient (Wildman–Crippen LogP) is 3.93. The number of fused-ring (bicyclic) bond motifs is 1. The van der Waals surface area contributed by atoms with E-state index < -0.39 is 11.7 Å². The molecule has 1 aliphatic rings. The number of benzene rings is 1. The molecule has 2 aromatic heterocycles. The van der Waals surface area contributed by atoms with Crippen LogP contribution < -0.4 is 10.6 Å². The van der Waals surface area contributed by atoms with Crippen molar-refractivity contribution in [2.45, 2.75) is 44.3 Å². The summed E-state index contributed by atoms with van der Waals surface area (Å²) in [5, 5.41) is 14.8. The van der Waals surface area contributed by atoms with Crippen molar-refractivity contribution in [2.75, 3.05) is 13.1 Å². The number of hydrogen-bond donors (Lipinski definition) is 2. The van der Waals surface area contributed by atoms with E-state index in [1.807, 2.05) is 35.7 Å². The molecule has 1 fully saturated rings. The van der Waals surface area contributed by atoms with Crippen molar-refractivity contribution in [3.8, 4) is 0 Å². The van der Waals surface area contributed by atoms with Gasteiger partial charge in [-0.3, -0.25) is 4.40 Å². The van der Waals surface area contributed by atoms with Gasteiger partial charge in [0.15, 0.2) is 17.4 Å². The van der Waals surface area contributed by atoms with Gasteiger partial charge in [0.25, 0.3) is 0 Å². The van der Waals surface area contributed by atoms with E-state index in [1.165, 1.54) is 12.1 Å². The van der Waals surface area contributed by atoms with E-state index in [1.54, 1.807) is 6.07 Å². The lowest BCUT2D eigenvalue weighted by molar-refractivity contribution is -0.137. The first-order valence-electron chi connectivity index (χ1n) is 10.4. The smallest absolute Gasteiger partial charge is 0.357 e. The summed E-state index contributed by atoms with van der Waals surface area (Å²) < 4.78 is 41.4. The van der Waals surface area contributed by atoms with E-state index in [0.717, 1.165) is 36.5 Å². The number of aromatic nitrogens is 3. The Morgan fingerprint density at radius 3 is 2.68 bits per heavy atom. The minimum absolute atomic E-state index is 0.320. The normalized spacial score (nSPS) is 16.2. The molecule has 0 spiro atoms. The number of nitrogens with zero attached hydrogens (tertiary/aromatic N) is 4. The van der Waals surface area contributed by atoms with Crippen LogP contribution in [0.2, 0.25) is 0 Å². The minimum Gasteiger partial charge on any atom is -0.357 e. The van der Waals surface area contributed by atoms with Crippen LogP contribution in [0.15, 0.2) is 53.7 Å². The van der Waals surface area contributed by atoms with Crippen LogP contribution in [0.3, 0.4) is 0 Å². The van der Waals surface area contributed by atoms with Gasteiger partial charge in [0, 0.05) is 24.7 Å². The van der Waals surface area contributed by atoms with Crippen LogP contribution in [0.25, 0.3) is 5.65 Å². The summed E-state index contributed by atoms with van der Waals surface area (Å²) in [6.45, 7) is 3.48. The first kappa shape index (κ1) is 21.1. The molecular formula is C22H25F3N6. The van der Waals surface area contributed by atoms with E-state index >= 15 is 0 Å². The maximum Gasteiger partial charge on any atom is 0.416 e. The third-order valence-corrected chi connectivity index (χ3v) is 5.81. The Hall–Kier alpha value is -3.10. The standard InChI is InChI=1S/C22H25F3N6/c1-2-26-20(27-14-19-30-29-18-9-3-4-12-31(18)19)28-15-21(10-6-11-21)16-7-5-8-17(13-16)22(23,24)25/h3-5,7-9,12-13H,2,6,10-11,14-15H2,1H3,(H2,26,27,28). The van der Waals surface area contributed by atoms with Gasteiger partial charge in [-0.15, -0.1) is 10.2 Å². The van der Waals surface area contributed by atoms with Crippen LogP contribution in [-0.2, 0) is 18.1 Å². The van der Waals surface area contributed by atoms with Crippen molar-refractivity contribution in [3.05, 3.63) is 65.6 Å². The highest BCUT2D eigenvalue weighted by atomic mass is 19.4. The Balaban J connectivity index is 1.50. The van der Waals surface area contributed by atoms with Gasteiger partial charge in [-0.05, 0) is 43.5 Å². The van der Waals surface area contributed by atoms with E-state index in [4.69, 9.17) is 0 Å². The van der Waals surface area contributed by atoms with Gasteiger partial charge in [0.1, 0.15) is 6.54 Å². The number of aliphatic imine (C=N–C) groups is 1. The molecular weight excluding hydrogens is 405 g/mol. The van der Waals surface area contributed by atoms with E-state index in [0.29, 0.717) is 31.4 Å². The van der Waals surface area contributed by atoms with Crippen LogP contribution in [0, 0.1) is 0 Å². The number of rotatable bonds is 6. The van der Waals surface area contributed by atoms with Gasteiger partial charge in [-0.25, -0.2) is 4.99 Å². The van der Waals surface area contributed by atoms with Crippen LogP contribution in [0.4, 0.5) is 13.2 Å². The molecule has 9 heteroatoms. The van der Waals surface area contributed by atoms with Crippen LogP contribution >= 0.6 is 0 Å². The Kier molecular flexibility index (Phi) is 5.84. The summed E-state index contributed by atoms with van der Waals surface area (Å²) in [6, 6.07) is 11.4. The molecule has 0 bridgehead atoms. The highest BCUT2D eigenvalue weighted by Gasteiger charge is 2.40. The monoisotopic (exact) mass is 430 g/mol. The zero-order valence-corrected chi connectivity index (χ0v) is 17.3. The molecule has 4 rings (SSSR count). The van der Waals surface area contributed by atoms with Gasteiger partial charge in [-0.2, -0.15) is 13.2 Å². The van der Waals surface area contributed by atoms with Crippen molar-refractivity contribution in [1.29, 1.82) is 0 Å². The highest BCUT2D eigenvalue weighted by Crippen LogP contribution is 2.44. The van der Waals surface area contributed by atoms with Gasteiger partial charge >= 0.3 is 6.18 Å². The van der Waals surface area contributed by atoms with Gasteiger partial charge in [0.2, 0.25) is 0 Å². The SMILES string of the molecule is CCNC(=NCc1nnc2ccccn12)NCC1(c2cccc(C(F)(F)F)c2)CCC1. The molecule has 2 N–H and O–H groups in total. The zero-order valence-electron chi connectivity index (χ0n) is 17.3. The van der Waals surface area contributed by atoms with Crippen LogP contribution in [0.5, 0.6) is 0 Å². The van der Waals surface area contributed by atoms with Gasteiger partial charge in [0.05, 0.1) is 5.56 Å². The predicted molar refractivity (Wildman–Crippen MR) is 113 cm³/mol. The third kappa shape index (κ3) is 4.50. The zero-order chi connectivity index (χ0) is 21.9. The molecule has 1 aliphatic carbocycles. The summed E-state index contributed by atoms with van der Waals surface area (Å²) in [4.78, 5) is 4.61. The molecule has 0 saturated heterocycles. The lowest BCUT2D eigenvalue weighted by atomic mass is 9.64. The molecule has 0 radical (unpaired) electrons. The molecule has 3 aromatic rings. The number of nitrogens with one attached hydrogen (secondary N) is 2. The summed E-state index contributed by atoms with van der Waals surface area (Å²) in [7, 11) is 0. The minimum atomic E-state index is -4.34. The molecule has 164 valence electrons. The molecule has 2 heterocycles. The van der Waals surface area contributed by atoms with Crippen molar-refractivity contribution in [3.63, 3.8) is 0 Å². The topological polar surface area (TPSA) is 66.6 Å². The fraction of sp³-hybridized carbons (Fsp3) is 0.409. The van der Waals surface area contributed by atoms with E-state index in [9.17, 15) is 13.2 Å². The number of hydrogen-bond acceptors (Lipinski definition) is 3. The third-order valence-electron chi connectivity index (χ3n) is 5.81. The molecule has 0 aliphatic heterocycles. The highest BCUT2D eigenvalue weighted by molar-refractivity contribution is 5.79. The largest absolute Gasteiger partial charge is 0.416 e. The van der Waals surface area contributed by atoms with E-state index in [2.05, 4.69) is 25.8 Å². The molecule has 6 nitrogen and oxygen atoms in total. The number of alkyl halides is 3. The molecule has 0 unspecified atom stereocenters. The second-order valence-corrected chi connectivity index (χ2v) is 7.81. The van der Waals surface area contributed by atoms with Gasteiger partial charge < -0.3 is 10.6 Å². The van der Waals surface area contributed by atoms with E-state index in [-0.39, 0.29) is 5.41 Å². The molecule has 1 saturated carbocycles. The summed E-state index contributed by atoms with van der Waals surface area (Å²) in [6.07, 6.45) is 0.228. The maximum absolute atomic E-state index is 13.2. The summed E-state index contributed by atoms with van der Waals surface area (Å²) >= 11 is 0. The fourth-order valence-electron chi connectivity index (χ4n) is 3.94. The summed E-state index contributed by atoms with van der Waals surface area (Å²) in [5.74, 6) is 1.32. The van der Waals surface area contributed by atoms with Crippen LogP contribution in [-0.4, -0.2) is 33.6 Å². The Labute approximate surface area is 178 Å². The number of pyridine rings is 1. The second kappa shape index (κ2) is 8.56. The van der Waals surface area contributed by atoms with Crippen molar-refractivity contribution < 1.29 is 13.2 Å². The van der Waals surface area contributed by atoms with Crippen molar-refractivity contribution in [1.82, 2.24) is 25.2 Å². The molecule has 31 heavy (non-hydrogen) atoms. The first-order valence-corrected chi connectivity index (χ1v) is 10.4. The average molecular weight is 430 g/mol. The Morgan fingerprint density at radius 1 is 1.13 bits per heavy atom. The number of guanidine groups is 1. The lowest BCUT2D eigenvalue weighted by Gasteiger charge is -2.43. The van der Waals surface area contributed by atoms with Crippen molar-refractivity contribution in [2.24, 2.45) is 4.99 Å². The van der Waals surface area contributed by atoms with Gasteiger partial charge in [-0.1, -0.05) is 30.7 Å². The molecule has 0 atom stereocenters. The Morgan fingerprint density at radius 2 is 1.97 bits per heavy atom. The van der Waals surface area contributed by atoms with Crippen molar-refractivity contribution >= 4 is 11.6 Å². The fourth-order valence-corrected chi connectivity index (χ4v) is 3.94. The first-order chi connectivity index (χ1) is 14.9. The van der Waals surface area contributed by atoms with Crippen LogP contribution in [0.1, 0.15) is 43.1 Å². The maximum atomic E-state index is 13.2. The lowest BCUT2D eigenvalue weighted by Crippen LogP contribution is -2.49. The Bertz CT molecular complexity index is 1070. The number of halogens is 3. The quantitative estimate of drug-likeness (QED) is 0.460. The summed E-state index contributed by atoms with van der Waals surface area (Å²) in [5.41, 5.74) is 0.554. The average Bonchev–Trinajstić information content (AvgIpc) is 3.14. The molecule has 0 amide bonds.